The van der Waals surface area contributed by atoms with Gasteiger partial charge < -0.3 is 20.3 Å². The normalized spacial score (nSPS) is 10.3. The van der Waals surface area contributed by atoms with Crippen LogP contribution in [0.2, 0.25) is 5.15 Å². The molecule has 2 aromatic heterocycles. The van der Waals surface area contributed by atoms with E-state index in [2.05, 4.69) is 34.0 Å². The number of carbonyl (C=O) groups is 2. The molecule has 0 unspecified atom stereocenters. The third-order valence-corrected chi connectivity index (χ3v) is 5.14. The number of hydrogen-bond acceptors (Lipinski definition) is 5. The number of pyridine rings is 1. The van der Waals surface area contributed by atoms with Crippen LogP contribution in [0.5, 0.6) is 0 Å². The molecule has 0 aliphatic carbocycles. The molecule has 0 bridgehead atoms. The average molecular weight is 521 g/mol. The van der Waals surface area contributed by atoms with Crippen molar-refractivity contribution < 1.29 is 19.1 Å². The molecular formula is C27H38ClFN4O3. The van der Waals surface area contributed by atoms with Gasteiger partial charge in [-0.2, -0.15) is 0 Å². The highest BCUT2D eigenvalue weighted by atomic mass is 35.5. The van der Waals surface area contributed by atoms with Crippen molar-refractivity contribution in [2.75, 3.05) is 32.8 Å². The number of fused-ring (bicyclic) bond motifs is 1. The van der Waals surface area contributed by atoms with Crippen LogP contribution in [0.25, 0.3) is 10.9 Å². The van der Waals surface area contributed by atoms with E-state index < -0.39 is 0 Å². The van der Waals surface area contributed by atoms with E-state index in [0.717, 1.165) is 29.4 Å². The van der Waals surface area contributed by atoms with Gasteiger partial charge in [0.25, 0.3) is 5.91 Å². The van der Waals surface area contributed by atoms with E-state index >= 15 is 0 Å². The van der Waals surface area contributed by atoms with Gasteiger partial charge in [-0.3, -0.25) is 9.59 Å². The number of hydrogen-bond donors (Lipinski definition) is 3. The lowest BCUT2D eigenvalue weighted by Crippen LogP contribution is -2.28. The van der Waals surface area contributed by atoms with Gasteiger partial charge in [-0.15, -0.1) is 0 Å². The summed E-state index contributed by atoms with van der Waals surface area (Å²) in [6.07, 6.45) is 4.90. The molecule has 1 aromatic carbocycles. The van der Waals surface area contributed by atoms with Crippen molar-refractivity contribution in [2.45, 2.75) is 47.0 Å². The van der Waals surface area contributed by atoms with Crippen LogP contribution in [-0.4, -0.2) is 64.5 Å². The molecule has 9 heteroatoms. The van der Waals surface area contributed by atoms with E-state index in [9.17, 15) is 14.0 Å². The van der Waals surface area contributed by atoms with Crippen LogP contribution in [0.15, 0.2) is 42.6 Å². The molecule has 0 fully saturated rings. The first-order valence-electron chi connectivity index (χ1n) is 12.2. The van der Waals surface area contributed by atoms with Crippen molar-refractivity contribution in [1.82, 2.24) is 20.2 Å². The molecule has 198 valence electrons. The number of nitrogens with zero attached hydrogens (tertiary/aromatic N) is 2. The van der Waals surface area contributed by atoms with E-state index in [0.29, 0.717) is 17.5 Å². The molecule has 2 heterocycles. The number of benzene rings is 1. The number of aryl methyl sites for hydroxylation is 1. The summed E-state index contributed by atoms with van der Waals surface area (Å²) < 4.78 is 12.1. The van der Waals surface area contributed by atoms with Crippen molar-refractivity contribution in [3.63, 3.8) is 0 Å². The quantitative estimate of drug-likeness (QED) is 0.321. The van der Waals surface area contributed by atoms with E-state index in [1.54, 1.807) is 30.5 Å². The van der Waals surface area contributed by atoms with E-state index in [1.807, 2.05) is 6.92 Å². The molecule has 0 spiro atoms. The van der Waals surface area contributed by atoms with Gasteiger partial charge in [0, 0.05) is 18.5 Å². The Balaban J connectivity index is 0.000000294. The number of amides is 1. The fourth-order valence-electron chi connectivity index (χ4n) is 3.22. The number of ketones is 1. The summed E-state index contributed by atoms with van der Waals surface area (Å²) >= 11 is 5.74. The second kappa shape index (κ2) is 17.6. The molecule has 0 saturated heterocycles. The fraction of sp³-hybridized carbons (Fsp3) is 0.444. The van der Waals surface area contributed by atoms with Crippen LogP contribution in [0.3, 0.4) is 0 Å². The third-order valence-electron chi connectivity index (χ3n) is 4.94. The number of rotatable bonds is 10. The SMILES string of the molecule is CC(=O)CNC(=O)c1cc2cc(Cl)ncc2[nH]1.CCCN(CCC)CCCO.Cc1ccc(F)cc1. The first-order chi connectivity index (χ1) is 17.2. The summed E-state index contributed by atoms with van der Waals surface area (Å²) in [4.78, 5) is 31.6. The van der Waals surface area contributed by atoms with Crippen LogP contribution < -0.4 is 5.32 Å². The summed E-state index contributed by atoms with van der Waals surface area (Å²) in [6, 6.07) is 9.73. The molecule has 0 aliphatic heterocycles. The molecule has 36 heavy (non-hydrogen) atoms. The lowest BCUT2D eigenvalue weighted by molar-refractivity contribution is -0.116. The number of halogens is 2. The topological polar surface area (TPSA) is 98.3 Å². The molecule has 3 aromatic rings. The number of carbonyl (C=O) groups excluding carboxylic acids is 2. The Morgan fingerprint density at radius 3 is 2.28 bits per heavy atom. The number of aliphatic hydroxyl groups excluding tert-OH is 1. The Hall–Kier alpha value is -2.81. The molecule has 3 N–H and O–H groups in total. The Kier molecular flexibility index (Phi) is 15.3. The predicted molar refractivity (Wildman–Crippen MR) is 144 cm³/mol. The highest BCUT2D eigenvalue weighted by Crippen LogP contribution is 2.17. The molecular weight excluding hydrogens is 483 g/mol. The zero-order chi connectivity index (χ0) is 26.9. The summed E-state index contributed by atoms with van der Waals surface area (Å²) in [5.74, 6) is -0.595. The predicted octanol–water partition coefficient (Wildman–Crippen LogP) is 5.16. The van der Waals surface area contributed by atoms with Gasteiger partial charge >= 0.3 is 0 Å². The molecule has 0 atom stereocenters. The smallest absolute Gasteiger partial charge is 0.268 e. The highest BCUT2D eigenvalue weighted by molar-refractivity contribution is 6.30. The van der Waals surface area contributed by atoms with Crippen LogP contribution in [0, 0.1) is 12.7 Å². The minimum absolute atomic E-state index is 0.0210. The monoisotopic (exact) mass is 520 g/mol. The second-order valence-corrected chi connectivity index (χ2v) is 8.76. The summed E-state index contributed by atoms with van der Waals surface area (Å²) in [7, 11) is 0. The Morgan fingerprint density at radius 2 is 1.75 bits per heavy atom. The Labute approximate surface area is 218 Å². The maximum Gasteiger partial charge on any atom is 0.268 e. The van der Waals surface area contributed by atoms with Gasteiger partial charge in [-0.1, -0.05) is 43.1 Å². The van der Waals surface area contributed by atoms with Gasteiger partial charge in [0.15, 0.2) is 0 Å². The Bertz CT molecular complexity index is 1030. The van der Waals surface area contributed by atoms with Crippen molar-refractivity contribution in [3.8, 4) is 0 Å². The number of Topliss-reactive ketones (excluding diaryl/α,β-unsaturated/α-hetero) is 1. The van der Waals surface area contributed by atoms with Gasteiger partial charge in [-0.05, 0) is 70.5 Å². The summed E-state index contributed by atoms with van der Waals surface area (Å²) in [6.45, 7) is 11.5. The molecule has 0 saturated carbocycles. The van der Waals surface area contributed by atoms with Crippen molar-refractivity contribution in [3.05, 3.63) is 64.8 Å². The van der Waals surface area contributed by atoms with Gasteiger partial charge in [0.1, 0.15) is 22.4 Å². The van der Waals surface area contributed by atoms with Gasteiger partial charge in [0.2, 0.25) is 0 Å². The van der Waals surface area contributed by atoms with Crippen LogP contribution in [0.1, 0.15) is 56.1 Å². The third kappa shape index (κ3) is 12.8. The Morgan fingerprint density at radius 1 is 1.11 bits per heavy atom. The first-order valence-corrected chi connectivity index (χ1v) is 12.5. The molecule has 3 rings (SSSR count). The standard InChI is InChI=1S/C11H10ClN3O2.C9H21NO.C7H7F/c1-6(16)4-14-11(17)8-2-7-3-10(12)13-5-9(7)15-8;1-3-6-10(7-4-2)8-5-9-11;1-6-2-4-7(8)5-3-6/h2-3,5,15H,4H2,1H3,(H,14,17);11H,3-9H2,1-2H3;2-5H,1H3. The zero-order valence-electron chi connectivity index (χ0n) is 21.6. The largest absolute Gasteiger partial charge is 0.396 e. The summed E-state index contributed by atoms with van der Waals surface area (Å²) in [5, 5.41) is 12.3. The lowest BCUT2D eigenvalue weighted by Gasteiger charge is -2.19. The molecule has 1 amide bonds. The maximum atomic E-state index is 12.1. The van der Waals surface area contributed by atoms with Crippen molar-refractivity contribution in [1.29, 1.82) is 0 Å². The number of aromatic nitrogens is 2. The van der Waals surface area contributed by atoms with E-state index in [4.69, 9.17) is 16.7 Å². The van der Waals surface area contributed by atoms with Crippen LogP contribution >= 0.6 is 11.6 Å². The fourth-order valence-corrected chi connectivity index (χ4v) is 3.39. The minimum Gasteiger partial charge on any atom is -0.396 e. The molecule has 0 aliphatic rings. The maximum absolute atomic E-state index is 12.1. The number of aliphatic hydroxyl groups is 1. The number of H-pyrrole nitrogens is 1. The van der Waals surface area contributed by atoms with E-state index in [1.165, 1.54) is 45.0 Å². The van der Waals surface area contributed by atoms with Gasteiger partial charge in [0.05, 0.1) is 18.3 Å². The van der Waals surface area contributed by atoms with Crippen LogP contribution in [-0.2, 0) is 4.79 Å². The second-order valence-electron chi connectivity index (χ2n) is 8.38. The van der Waals surface area contributed by atoms with Crippen LogP contribution in [0.4, 0.5) is 4.39 Å². The number of aromatic amines is 1. The average Bonchev–Trinajstić information content (AvgIpc) is 3.27. The summed E-state index contributed by atoms with van der Waals surface area (Å²) in [5.41, 5.74) is 2.19. The highest BCUT2D eigenvalue weighted by Gasteiger charge is 2.10. The minimum atomic E-state index is -0.326. The lowest BCUT2D eigenvalue weighted by atomic mass is 10.2. The van der Waals surface area contributed by atoms with Crippen molar-refractivity contribution >= 4 is 34.2 Å². The van der Waals surface area contributed by atoms with Crippen molar-refractivity contribution in [2.24, 2.45) is 0 Å². The zero-order valence-corrected chi connectivity index (χ0v) is 22.4. The molecule has 7 nitrogen and oxygen atoms in total. The van der Waals surface area contributed by atoms with E-state index in [-0.39, 0.29) is 24.1 Å². The van der Waals surface area contributed by atoms with Gasteiger partial charge in [-0.25, -0.2) is 9.37 Å². The number of nitrogens with one attached hydrogen (secondary N) is 2. The molecule has 0 radical (unpaired) electrons. The first kappa shape index (κ1) is 31.2.